The van der Waals surface area contributed by atoms with Crippen LogP contribution in [0.3, 0.4) is 0 Å². The third kappa shape index (κ3) is 3.52. The maximum Gasteiger partial charge on any atom is 0.416 e. The molecule has 0 saturated carbocycles. The average Bonchev–Trinajstić information content (AvgIpc) is 3.27. The number of phenols is 1. The van der Waals surface area contributed by atoms with Crippen molar-refractivity contribution >= 4 is 16.9 Å². The third-order valence-electron chi connectivity index (χ3n) is 5.27. The van der Waals surface area contributed by atoms with Crippen LogP contribution in [0, 0.1) is 6.92 Å². The highest BCUT2D eigenvalue weighted by atomic mass is 19.4. The molecule has 1 aliphatic heterocycles. The van der Waals surface area contributed by atoms with Gasteiger partial charge in [-0.3, -0.25) is 9.48 Å². The van der Waals surface area contributed by atoms with Crippen LogP contribution in [-0.4, -0.2) is 43.8 Å². The Morgan fingerprint density at radius 2 is 2.03 bits per heavy atom. The van der Waals surface area contributed by atoms with Gasteiger partial charge in [0.05, 0.1) is 17.3 Å². The van der Waals surface area contributed by atoms with E-state index in [2.05, 4.69) is 10.1 Å². The van der Waals surface area contributed by atoms with E-state index < -0.39 is 17.5 Å². The molecule has 0 bridgehead atoms. The second-order valence-corrected chi connectivity index (χ2v) is 7.31. The fourth-order valence-corrected chi connectivity index (χ4v) is 3.76. The molecule has 3 aromatic rings. The first kappa shape index (κ1) is 19.2. The van der Waals surface area contributed by atoms with E-state index in [4.69, 9.17) is 0 Å². The first-order chi connectivity index (χ1) is 13.6. The minimum absolute atomic E-state index is 0.0258. The fraction of sp³-hybridized carbons (Fsp3) is 0.350. The molecule has 1 amide bonds. The zero-order valence-electron chi connectivity index (χ0n) is 15.9. The van der Waals surface area contributed by atoms with Gasteiger partial charge in [-0.15, -0.1) is 0 Å². The molecule has 4 rings (SSSR count). The molecule has 0 unspecified atom stereocenters. The van der Waals surface area contributed by atoms with Crippen molar-refractivity contribution in [3.63, 3.8) is 0 Å². The molecule has 1 atom stereocenters. The Balaban J connectivity index is 1.69. The van der Waals surface area contributed by atoms with Crippen LogP contribution in [0.25, 0.3) is 22.3 Å². The lowest BCUT2D eigenvalue weighted by Gasteiger charge is -2.13. The molecule has 3 heterocycles. The summed E-state index contributed by atoms with van der Waals surface area (Å²) in [5, 5.41) is 15.5. The smallest absolute Gasteiger partial charge is 0.416 e. The molecular formula is C20H19F3N4O2. The minimum Gasteiger partial charge on any atom is -0.507 e. The normalized spacial score (nSPS) is 17.3. The van der Waals surface area contributed by atoms with E-state index in [1.165, 1.54) is 13.8 Å². The van der Waals surface area contributed by atoms with Crippen LogP contribution in [0.15, 0.2) is 30.5 Å². The lowest BCUT2D eigenvalue weighted by molar-refractivity contribution is -0.137. The van der Waals surface area contributed by atoms with Gasteiger partial charge in [-0.25, -0.2) is 4.98 Å². The summed E-state index contributed by atoms with van der Waals surface area (Å²) < 4.78 is 40.6. The number of aryl methyl sites for hydroxylation is 1. The molecule has 0 aliphatic carbocycles. The first-order valence-corrected chi connectivity index (χ1v) is 9.16. The van der Waals surface area contributed by atoms with E-state index in [-0.39, 0.29) is 23.1 Å². The number of phenolic OH excluding ortho intramolecular Hbond substituents is 1. The number of halogens is 3. The minimum atomic E-state index is -4.54. The van der Waals surface area contributed by atoms with Gasteiger partial charge in [-0.05, 0) is 43.2 Å². The monoisotopic (exact) mass is 404 g/mol. The number of nitrogens with zero attached hydrogens (tertiary/aromatic N) is 4. The molecule has 6 nitrogen and oxygen atoms in total. The summed E-state index contributed by atoms with van der Waals surface area (Å²) in [7, 11) is 0. The van der Waals surface area contributed by atoms with Crippen molar-refractivity contribution in [2.75, 3.05) is 13.1 Å². The van der Waals surface area contributed by atoms with Crippen LogP contribution in [0.5, 0.6) is 5.75 Å². The highest BCUT2D eigenvalue weighted by Crippen LogP contribution is 2.38. The van der Waals surface area contributed by atoms with Gasteiger partial charge in [0.2, 0.25) is 5.91 Å². The maximum absolute atomic E-state index is 13.0. The van der Waals surface area contributed by atoms with E-state index >= 15 is 0 Å². The Kier molecular flexibility index (Phi) is 4.48. The van der Waals surface area contributed by atoms with Crippen molar-refractivity contribution < 1.29 is 23.1 Å². The molecule has 0 spiro atoms. The number of rotatable bonds is 2. The van der Waals surface area contributed by atoms with Crippen molar-refractivity contribution in [1.29, 1.82) is 0 Å². The Bertz CT molecular complexity index is 1080. The third-order valence-corrected chi connectivity index (χ3v) is 5.27. The molecule has 9 heteroatoms. The van der Waals surface area contributed by atoms with E-state index in [1.54, 1.807) is 21.7 Å². The molecule has 1 aromatic carbocycles. The number of fused-ring (bicyclic) bond motifs is 1. The van der Waals surface area contributed by atoms with Crippen LogP contribution in [0.4, 0.5) is 13.2 Å². The molecule has 152 valence electrons. The number of amides is 1. The largest absolute Gasteiger partial charge is 0.507 e. The number of alkyl halides is 3. The quantitative estimate of drug-likeness (QED) is 0.703. The van der Waals surface area contributed by atoms with Crippen LogP contribution in [-0.2, 0) is 11.0 Å². The summed E-state index contributed by atoms with van der Waals surface area (Å²) in [6, 6.07) is 5.18. The number of aromatic nitrogens is 3. The highest BCUT2D eigenvalue weighted by molar-refractivity contribution is 5.80. The molecule has 1 saturated heterocycles. The van der Waals surface area contributed by atoms with Crippen LogP contribution in [0.1, 0.15) is 30.5 Å². The predicted molar refractivity (Wildman–Crippen MR) is 100 cm³/mol. The number of carbonyl (C=O) groups is 1. The van der Waals surface area contributed by atoms with E-state index in [0.717, 1.165) is 17.9 Å². The van der Waals surface area contributed by atoms with Crippen LogP contribution in [0.2, 0.25) is 0 Å². The second kappa shape index (κ2) is 6.75. The van der Waals surface area contributed by atoms with Gasteiger partial charge in [-0.2, -0.15) is 18.3 Å². The fourth-order valence-electron chi connectivity index (χ4n) is 3.76. The molecular weight excluding hydrogens is 385 g/mol. The van der Waals surface area contributed by atoms with Crippen LogP contribution < -0.4 is 0 Å². The van der Waals surface area contributed by atoms with Gasteiger partial charge in [-0.1, -0.05) is 0 Å². The molecule has 2 aromatic heterocycles. The van der Waals surface area contributed by atoms with Gasteiger partial charge < -0.3 is 10.0 Å². The van der Waals surface area contributed by atoms with Gasteiger partial charge in [0, 0.05) is 37.2 Å². The number of pyridine rings is 1. The molecule has 1 fully saturated rings. The van der Waals surface area contributed by atoms with E-state index in [1.807, 2.05) is 6.20 Å². The van der Waals surface area contributed by atoms with Crippen molar-refractivity contribution in [2.45, 2.75) is 32.5 Å². The van der Waals surface area contributed by atoms with Crippen molar-refractivity contribution in [1.82, 2.24) is 19.7 Å². The predicted octanol–water partition coefficient (Wildman–Crippen LogP) is 3.92. The van der Waals surface area contributed by atoms with Crippen LogP contribution >= 0.6 is 0 Å². The van der Waals surface area contributed by atoms with Crippen molar-refractivity contribution in [3.8, 4) is 17.0 Å². The Morgan fingerprint density at radius 3 is 2.66 bits per heavy atom. The maximum atomic E-state index is 13.0. The number of likely N-dealkylation sites (tertiary alicyclic amines) is 1. The average molecular weight is 404 g/mol. The zero-order chi connectivity index (χ0) is 20.9. The summed E-state index contributed by atoms with van der Waals surface area (Å²) in [6.45, 7) is 4.29. The zero-order valence-corrected chi connectivity index (χ0v) is 15.9. The summed E-state index contributed by atoms with van der Waals surface area (Å²) in [4.78, 5) is 17.8. The Morgan fingerprint density at radius 1 is 1.28 bits per heavy atom. The Labute approximate surface area is 164 Å². The van der Waals surface area contributed by atoms with Gasteiger partial charge in [0.15, 0.2) is 5.65 Å². The lowest BCUT2D eigenvalue weighted by atomic mass is 10.00. The number of hydrogen-bond acceptors (Lipinski definition) is 4. The summed E-state index contributed by atoms with van der Waals surface area (Å²) in [5.41, 5.74) is 0.401. The van der Waals surface area contributed by atoms with E-state index in [0.29, 0.717) is 30.5 Å². The number of aromatic hydroxyl groups is 1. The SMILES string of the molecule is CC(=O)N1CC[C@@H](n2cc3ccc(-c4c(C)cc(C(F)(F)F)cc4O)nc3n2)C1. The molecule has 0 radical (unpaired) electrons. The van der Waals surface area contributed by atoms with Crippen molar-refractivity contribution in [3.05, 3.63) is 41.6 Å². The summed E-state index contributed by atoms with van der Waals surface area (Å²) in [5.74, 6) is -0.450. The number of benzene rings is 1. The molecule has 29 heavy (non-hydrogen) atoms. The second-order valence-electron chi connectivity index (χ2n) is 7.31. The number of hydrogen-bond donors (Lipinski definition) is 1. The van der Waals surface area contributed by atoms with Gasteiger partial charge >= 0.3 is 6.18 Å². The van der Waals surface area contributed by atoms with E-state index in [9.17, 15) is 23.1 Å². The number of carbonyl (C=O) groups excluding carboxylic acids is 1. The summed E-state index contributed by atoms with van der Waals surface area (Å²) in [6.07, 6.45) is -1.90. The summed E-state index contributed by atoms with van der Waals surface area (Å²) >= 11 is 0. The highest BCUT2D eigenvalue weighted by Gasteiger charge is 2.32. The van der Waals surface area contributed by atoms with Gasteiger partial charge in [0.1, 0.15) is 5.75 Å². The molecule has 1 N–H and O–H groups in total. The van der Waals surface area contributed by atoms with Crippen molar-refractivity contribution in [2.24, 2.45) is 0 Å². The Hall–Kier alpha value is -3.10. The molecule has 1 aliphatic rings. The standard InChI is InChI=1S/C20H19F3N4O2/c1-11-7-14(20(21,22)23)8-17(29)18(11)16-4-3-13-9-27(25-19(13)24-16)15-5-6-26(10-15)12(2)28/h3-4,7-9,15,29H,5-6,10H2,1-2H3/t15-/m1/s1. The first-order valence-electron chi connectivity index (χ1n) is 9.16. The lowest BCUT2D eigenvalue weighted by Crippen LogP contribution is -2.26. The topological polar surface area (TPSA) is 71.2 Å². The van der Waals surface area contributed by atoms with Gasteiger partial charge in [0.25, 0.3) is 0 Å².